The van der Waals surface area contributed by atoms with Crippen LogP contribution in [0.2, 0.25) is 0 Å². The molecule has 88 valence electrons. The molecule has 0 amide bonds. The Morgan fingerprint density at radius 1 is 1.50 bits per heavy atom. The third kappa shape index (κ3) is 4.23. The van der Waals surface area contributed by atoms with Gasteiger partial charge in [-0.05, 0) is 24.3 Å². The average molecular weight is 239 g/mol. The molecule has 0 aliphatic heterocycles. The van der Waals surface area contributed by atoms with Crippen molar-refractivity contribution in [1.29, 1.82) is 0 Å². The zero-order chi connectivity index (χ0) is 11.8. The number of nitrogens with zero attached hydrogens (tertiary/aromatic N) is 1. The van der Waals surface area contributed by atoms with Crippen molar-refractivity contribution in [2.24, 2.45) is 0 Å². The summed E-state index contributed by atoms with van der Waals surface area (Å²) >= 11 is 1.68. The van der Waals surface area contributed by atoms with Crippen molar-refractivity contribution < 1.29 is 9.53 Å². The summed E-state index contributed by atoms with van der Waals surface area (Å²) in [5.41, 5.74) is 0.565. The number of rotatable bonds is 6. The maximum absolute atomic E-state index is 11.3. The minimum Gasteiger partial charge on any atom is -0.465 e. The van der Waals surface area contributed by atoms with Gasteiger partial charge in [-0.3, -0.25) is 0 Å². The standard InChI is InChI=1S/C12H17NO2S/c1-3-4-5-8-16-11-9-10(6-7-13-11)12(14)15-2/h6-7,9H,3-5,8H2,1-2H3. The summed E-state index contributed by atoms with van der Waals surface area (Å²) < 4.78 is 4.66. The molecule has 0 saturated heterocycles. The van der Waals surface area contributed by atoms with Crippen LogP contribution in [-0.2, 0) is 4.74 Å². The maximum atomic E-state index is 11.3. The molecule has 4 heteroatoms. The van der Waals surface area contributed by atoms with E-state index in [1.54, 1.807) is 30.1 Å². The topological polar surface area (TPSA) is 39.2 Å². The van der Waals surface area contributed by atoms with Gasteiger partial charge >= 0.3 is 5.97 Å². The first kappa shape index (κ1) is 13.0. The van der Waals surface area contributed by atoms with Crippen LogP contribution in [0.15, 0.2) is 23.4 Å². The number of methoxy groups -OCH3 is 1. The Hall–Kier alpha value is -1.03. The summed E-state index contributed by atoms with van der Waals surface area (Å²) in [5, 5.41) is 0.888. The number of hydrogen-bond acceptors (Lipinski definition) is 4. The molecule has 0 bridgehead atoms. The molecule has 0 N–H and O–H groups in total. The normalized spacial score (nSPS) is 10.1. The lowest BCUT2D eigenvalue weighted by molar-refractivity contribution is 0.0600. The number of thioether (sulfide) groups is 1. The molecule has 1 rings (SSSR count). The number of aromatic nitrogens is 1. The Balaban J connectivity index is 2.50. The predicted octanol–water partition coefficient (Wildman–Crippen LogP) is 3.15. The molecule has 0 unspecified atom stereocenters. The fourth-order valence-corrected chi connectivity index (χ4v) is 2.17. The van der Waals surface area contributed by atoms with E-state index in [9.17, 15) is 4.79 Å². The van der Waals surface area contributed by atoms with Gasteiger partial charge in [0.2, 0.25) is 0 Å². The van der Waals surface area contributed by atoms with Crippen molar-refractivity contribution in [3.05, 3.63) is 23.9 Å². The average Bonchev–Trinajstić information content (AvgIpc) is 2.34. The van der Waals surface area contributed by atoms with Crippen LogP contribution >= 0.6 is 11.8 Å². The second kappa shape index (κ2) is 7.28. The third-order valence-electron chi connectivity index (χ3n) is 2.15. The van der Waals surface area contributed by atoms with E-state index in [1.165, 1.54) is 26.4 Å². The fraction of sp³-hybridized carbons (Fsp3) is 0.500. The Morgan fingerprint density at radius 3 is 3.00 bits per heavy atom. The largest absolute Gasteiger partial charge is 0.465 e. The first-order chi connectivity index (χ1) is 7.77. The lowest BCUT2D eigenvalue weighted by atomic mass is 10.3. The summed E-state index contributed by atoms with van der Waals surface area (Å²) in [6, 6.07) is 3.45. The molecule has 3 nitrogen and oxygen atoms in total. The molecule has 0 fully saturated rings. The number of carbonyl (C=O) groups is 1. The molecule has 1 aromatic heterocycles. The van der Waals surface area contributed by atoms with Crippen molar-refractivity contribution in [3.8, 4) is 0 Å². The van der Waals surface area contributed by atoms with Gasteiger partial charge in [0.15, 0.2) is 0 Å². The molecule has 0 aromatic carbocycles. The number of unbranched alkanes of at least 4 members (excludes halogenated alkanes) is 2. The smallest absolute Gasteiger partial charge is 0.337 e. The highest BCUT2D eigenvalue weighted by Crippen LogP contribution is 2.18. The van der Waals surface area contributed by atoms with Crippen LogP contribution in [0.5, 0.6) is 0 Å². The zero-order valence-corrected chi connectivity index (χ0v) is 10.5. The van der Waals surface area contributed by atoms with Crippen LogP contribution < -0.4 is 0 Å². The van der Waals surface area contributed by atoms with Crippen molar-refractivity contribution in [3.63, 3.8) is 0 Å². The minimum atomic E-state index is -0.308. The first-order valence-corrected chi connectivity index (χ1v) is 6.43. The molecular weight excluding hydrogens is 222 g/mol. The van der Waals surface area contributed by atoms with Gasteiger partial charge < -0.3 is 4.74 Å². The van der Waals surface area contributed by atoms with E-state index in [1.807, 2.05) is 0 Å². The monoisotopic (exact) mass is 239 g/mol. The summed E-state index contributed by atoms with van der Waals surface area (Å²) in [7, 11) is 1.39. The second-order valence-corrected chi connectivity index (χ2v) is 4.55. The molecule has 0 saturated carbocycles. The SMILES string of the molecule is CCCCCSc1cc(C(=O)OC)ccn1. The molecule has 1 aromatic rings. The lowest BCUT2D eigenvalue weighted by Crippen LogP contribution is -2.01. The highest BCUT2D eigenvalue weighted by Gasteiger charge is 2.06. The van der Waals surface area contributed by atoms with Gasteiger partial charge in [-0.25, -0.2) is 9.78 Å². The van der Waals surface area contributed by atoms with Gasteiger partial charge in [-0.2, -0.15) is 0 Å². The lowest BCUT2D eigenvalue weighted by Gasteiger charge is -2.02. The Labute approximate surface area is 101 Å². The zero-order valence-electron chi connectivity index (χ0n) is 9.73. The van der Waals surface area contributed by atoms with Gasteiger partial charge in [0.1, 0.15) is 0 Å². The highest BCUT2D eigenvalue weighted by atomic mass is 32.2. The Kier molecular flexibility index (Phi) is 5.93. The van der Waals surface area contributed by atoms with E-state index >= 15 is 0 Å². The molecule has 1 heterocycles. The van der Waals surface area contributed by atoms with Crippen molar-refractivity contribution in [2.75, 3.05) is 12.9 Å². The highest BCUT2D eigenvalue weighted by molar-refractivity contribution is 7.99. The van der Waals surface area contributed by atoms with Gasteiger partial charge in [0.25, 0.3) is 0 Å². The van der Waals surface area contributed by atoms with Crippen LogP contribution in [0.25, 0.3) is 0 Å². The van der Waals surface area contributed by atoms with E-state index in [0.29, 0.717) is 5.56 Å². The quantitative estimate of drug-likeness (QED) is 0.434. The van der Waals surface area contributed by atoms with Gasteiger partial charge in [-0.1, -0.05) is 19.8 Å². The van der Waals surface area contributed by atoms with Gasteiger partial charge in [0.05, 0.1) is 17.7 Å². The number of carbonyl (C=O) groups excluding carboxylic acids is 1. The number of esters is 1. The van der Waals surface area contributed by atoms with Crippen molar-refractivity contribution >= 4 is 17.7 Å². The molecule has 0 atom stereocenters. The van der Waals surface area contributed by atoms with E-state index in [2.05, 4.69) is 16.6 Å². The third-order valence-corrected chi connectivity index (χ3v) is 3.17. The van der Waals surface area contributed by atoms with Gasteiger partial charge in [-0.15, -0.1) is 11.8 Å². The predicted molar refractivity (Wildman–Crippen MR) is 65.8 cm³/mol. The van der Waals surface area contributed by atoms with E-state index in [4.69, 9.17) is 0 Å². The van der Waals surface area contributed by atoms with E-state index < -0.39 is 0 Å². The maximum Gasteiger partial charge on any atom is 0.337 e. The number of hydrogen-bond donors (Lipinski definition) is 0. The first-order valence-electron chi connectivity index (χ1n) is 5.45. The second-order valence-electron chi connectivity index (χ2n) is 3.43. The number of pyridine rings is 1. The van der Waals surface area contributed by atoms with E-state index in [0.717, 1.165) is 10.8 Å². The van der Waals surface area contributed by atoms with Crippen LogP contribution in [0.1, 0.15) is 36.5 Å². The van der Waals surface area contributed by atoms with Crippen LogP contribution in [-0.4, -0.2) is 23.8 Å². The molecule has 0 aliphatic carbocycles. The molecule has 0 spiro atoms. The van der Waals surface area contributed by atoms with Crippen LogP contribution in [0, 0.1) is 0 Å². The Bertz CT molecular complexity index is 342. The Morgan fingerprint density at radius 2 is 2.31 bits per heavy atom. The van der Waals surface area contributed by atoms with Crippen LogP contribution in [0.3, 0.4) is 0 Å². The van der Waals surface area contributed by atoms with Crippen LogP contribution in [0.4, 0.5) is 0 Å². The van der Waals surface area contributed by atoms with E-state index in [-0.39, 0.29) is 5.97 Å². The molecule has 16 heavy (non-hydrogen) atoms. The molecular formula is C12H17NO2S. The van der Waals surface area contributed by atoms with Crippen molar-refractivity contribution in [1.82, 2.24) is 4.98 Å². The molecule has 0 aliphatic rings. The summed E-state index contributed by atoms with van der Waals surface area (Å²) in [6.45, 7) is 2.18. The molecule has 0 radical (unpaired) electrons. The van der Waals surface area contributed by atoms with Gasteiger partial charge in [0, 0.05) is 6.20 Å². The summed E-state index contributed by atoms with van der Waals surface area (Å²) in [5.74, 6) is 0.740. The summed E-state index contributed by atoms with van der Waals surface area (Å²) in [4.78, 5) is 15.5. The summed E-state index contributed by atoms with van der Waals surface area (Å²) in [6.07, 6.45) is 5.29. The number of ether oxygens (including phenoxy) is 1. The minimum absolute atomic E-state index is 0.308. The fourth-order valence-electron chi connectivity index (χ4n) is 1.26. The van der Waals surface area contributed by atoms with Crippen molar-refractivity contribution in [2.45, 2.75) is 31.2 Å².